The number of carboxylic acids is 1. The van der Waals surface area contributed by atoms with E-state index >= 15 is 0 Å². The van der Waals surface area contributed by atoms with Crippen LogP contribution < -0.4 is 9.80 Å². The Labute approximate surface area is 212 Å². The first-order chi connectivity index (χ1) is 17.8. The Hall–Kier alpha value is -4.38. The highest BCUT2D eigenvalue weighted by Crippen LogP contribution is 2.31. The Morgan fingerprint density at radius 1 is 1.03 bits per heavy atom. The summed E-state index contributed by atoms with van der Waals surface area (Å²) in [7, 11) is 0. The number of piperazine rings is 1. The molecule has 1 aliphatic rings. The van der Waals surface area contributed by atoms with Gasteiger partial charge in [-0.05, 0) is 18.2 Å². The van der Waals surface area contributed by atoms with E-state index in [9.17, 15) is 18.4 Å². The Morgan fingerprint density at radius 3 is 2.35 bits per heavy atom. The third-order valence-electron chi connectivity index (χ3n) is 5.33. The molecule has 3 aromatic heterocycles. The number of thiazole rings is 1. The van der Waals surface area contributed by atoms with Crippen molar-refractivity contribution in [1.82, 2.24) is 24.9 Å². The number of rotatable bonds is 4. The lowest BCUT2D eigenvalue weighted by Gasteiger charge is -2.35. The van der Waals surface area contributed by atoms with Crippen LogP contribution >= 0.6 is 11.3 Å². The van der Waals surface area contributed by atoms with Gasteiger partial charge in [0.2, 0.25) is 5.95 Å². The second kappa shape index (κ2) is 11.1. The average Bonchev–Trinajstić information content (AvgIpc) is 3.33. The van der Waals surface area contributed by atoms with Crippen LogP contribution in [0.3, 0.4) is 0 Å². The van der Waals surface area contributed by atoms with Gasteiger partial charge in [0, 0.05) is 44.8 Å². The molecule has 190 valence electrons. The van der Waals surface area contributed by atoms with E-state index in [1.54, 1.807) is 30.9 Å². The van der Waals surface area contributed by atoms with Crippen LogP contribution in [0.4, 0.5) is 24.9 Å². The molecule has 0 radical (unpaired) electrons. The predicted octanol–water partition coefficient (Wildman–Crippen LogP) is 3.49. The number of hydrogen-bond acceptors (Lipinski definition) is 10. The summed E-state index contributed by atoms with van der Waals surface area (Å²) in [5.41, 5.74) is 1.59. The van der Waals surface area contributed by atoms with E-state index in [1.807, 2.05) is 24.3 Å². The van der Waals surface area contributed by atoms with E-state index in [4.69, 9.17) is 14.9 Å². The number of hydrogen-bond donors (Lipinski definition) is 1. The number of fused-ring (bicyclic) bond motifs is 1. The minimum atomic E-state index is -5.08. The zero-order valence-electron chi connectivity index (χ0n) is 19.1. The van der Waals surface area contributed by atoms with Gasteiger partial charge in [-0.3, -0.25) is 4.98 Å². The largest absolute Gasteiger partial charge is 0.490 e. The molecule has 1 aromatic carbocycles. The lowest BCUT2D eigenvalue weighted by Crippen LogP contribution is -2.47. The molecule has 4 heterocycles. The number of alkyl halides is 3. The maximum Gasteiger partial charge on any atom is 0.490 e. The molecule has 14 heteroatoms. The SMILES string of the molecule is N#CC(c1ccnc(N2CCN(c3cnccn3)CC2)n1)c1nc2ccccc2s1.O=C(O)C(F)(F)F. The monoisotopic (exact) mass is 528 g/mol. The summed E-state index contributed by atoms with van der Waals surface area (Å²) < 4.78 is 32.8. The van der Waals surface area contributed by atoms with Crippen LogP contribution in [-0.4, -0.2) is 68.4 Å². The van der Waals surface area contributed by atoms with Crippen LogP contribution in [0.15, 0.2) is 55.1 Å². The molecule has 0 amide bonds. The molecule has 1 atom stereocenters. The molecule has 5 rings (SSSR count). The van der Waals surface area contributed by atoms with Gasteiger partial charge in [-0.1, -0.05) is 12.1 Å². The summed E-state index contributed by atoms with van der Waals surface area (Å²) in [4.78, 5) is 35.6. The number of para-hydroxylation sites is 1. The van der Waals surface area contributed by atoms with Gasteiger partial charge in [0.15, 0.2) is 0 Å². The highest BCUT2D eigenvalue weighted by molar-refractivity contribution is 7.18. The Bertz CT molecular complexity index is 1370. The summed E-state index contributed by atoms with van der Waals surface area (Å²) in [5.74, 6) is -1.74. The number of anilines is 2. The molecule has 0 saturated carbocycles. The van der Waals surface area contributed by atoms with Gasteiger partial charge in [-0.15, -0.1) is 11.3 Å². The molecule has 1 N–H and O–H groups in total. The van der Waals surface area contributed by atoms with Crippen molar-refractivity contribution in [3.63, 3.8) is 0 Å². The minimum absolute atomic E-state index is 0.509. The zero-order chi connectivity index (χ0) is 26.4. The van der Waals surface area contributed by atoms with Crippen molar-refractivity contribution in [3.8, 4) is 6.07 Å². The van der Waals surface area contributed by atoms with E-state index in [1.165, 1.54) is 11.3 Å². The van der Waals surface area contributed by atoms with E-state index < -0.39 is 18.1 Å². The molecule has 10 nitrogen and oxygen atoms in total. The normalized spacial score (nSPS) is 14.4. The van der Waals surface area contributed by atoms with Gasteiger partial charge in [0.05, 0.1) is 28.2 Å². The van der Waals surface area contributed by atoms with E-state index in [0.717, 1.165) is 47.2 Å². The molecular formula is C23H19F3N8O2S. The van der Waals surface area contributed by atoms with Gasteiger partial charge in [0.1, 0.15) is 16.7 Å². The number of halogens is 3. The van der Waals surface area contributed by atoms with Gasteiger partial charge in [-0.2, -0.15) is 18.4 Å². The quantitative estimate of drug-likeness (QED) is 0.420. The Kier molecular flexibility index (Phi) is 7.73. The summed E-state index contributed by atoms with van der Waals surface area (Å²) in [6, 6.07) is 12.1. The van der Waals surface area contributed by atoms with Crippen LogP contribution in [0.2, 0.25) is 0 Å². The van der Waals surface area contributed by atoms with Crippen LogP contribution in [0.5, 0.6) is 0 Å². The first-order valence-electron chi connectivity index (χ1n) is 10.9. The first-order valence-corrected chi connectivity index (χ1v) is 11.7. The zero-order valence-corrected chi connectivity index (χ0v) is 19.9. The standard InChI is InChI=1S/C21H18N8S.C2HF3O2/c22-13-15(20-26-17-3-1-2-4-18(17)30-20)16-5-6-25-21(27-16)29-11-9-28(10-12-29)19-14-23-7-8-24-19;3-2(4,5)1(6)7/h1-8,14-15H,9-12H2;(H,6,7). The van der Waals surface area contributed by atoms with Crippen LogP contribution in [0.25, 0.3) is 10.2 Å². The molecule has 37 heavy (non-hydrogen) atoms. The minimum Gasteiger partial charge on any atom is -0.475 e. The molecule has 0 aliphatic carbocycles. The second-order valence-electron chi connectivity index (χ2n) is 7.70. The summed E-state index contributed by atoms with van der Waals surface area (Å²) in [5, 5.41) is 17.7. The maximum absolute atomic E-state index is 10.6. The van der Waals surface area contributed by atoms with Gasteiger partial charge < -0.3 is 14.9 Å². The highest BCUT2D eigenvalue weighted by atomic mass is 32.1. The van der Waals surface area contributed by atoms with Crippen molar-refractivity contribution in [3.05, 3.63) is 65.8 Å². The van der Waals surface area contributed by atoms with E-state index in [-0.39, 0.29) is 0 Å². The van der Waals surface area contributed by atoms with Crippen molar-refractivity contribution in [2.75, 3.05) is 36.0 Å². The van der Waals surface area contributed by atoms with E-state index in [0.29, 0.717) is 11.6 Å². The molecule has 1 aliphatic heterocycles. The maximum atomic E-state index is 10.6. The molecule has 1 fully saturated rings. The molecule has 1 unspecified atom stereocenters. The van der Waals surface area contributed by atoms with Gasteiger partial charge in [-0.25, -0.2) is 24.7 Å². The number of nitriles is 1. The molecule has 0 spiro atoms. The molecule has 4 aromatic rings. The number of carbonyl (C=O) groups is 1. The Morgan fingerprint density at radius 2 is 1.73 bits per heavy atom. The van der Waals surface area contributed by atoms with Crippen molar-refractivity contribution >= 4 is 39.3 Å². The summed E-state index contributed by atoms with van der Waals surface area (Å²) in [6.07, 6.45) is 1.81. The third kappa shape index (κ3) is 6.25. The smallest absolute Gasteiger partial charge is 0.475 e. The van der Waals surface area contributed by atoms with Crippen LogP contribution in [0.1, 0.15) is 16.6 Å². The molecule has 0 bridgehead atoms. The second-order valence-corrected chi connectivity index (χ2v) is 8.77. The van der Waals surface area contributed by atoms with Crippen molar-refractivity contribution < 1.29 is 23.1 Å². The number of nitrogens with zero attached hydrogens (tertiary/aromatic N) is 8. The highest BCUT2D eigenvalue weighted by Gasteiger charge is 2.38. The fourth-order valence-corrected chi connectivity index (χ4v) is 4.55. The number of aromatic nitrogens is 5. The van der Waals surface area contributed by atoms with Crippen molar-refractivity contribution in [1.29, 1.82) is 5.26 Å². The fraction of sp³-hybridized carbons (Fsp3) is 0.261. The van der Waals surface area contributed by atoms with Crippen molar-refractivity contribution in [2.24, 2.45) is 0 Å². The average molecular weight is 529 g/mol. The fourth-order valence-electron chi connectivity index (χ4n) is 3.53. The van der Waals surface area contributed by atoms with Crippen LogP contribution in [0, 0.1) is 11.3 Å². The molecule has 1 saturated heterocycles. The lowest BCUT2D eigenvalue weighted by molar-refractivity contribution is -0.192. The third-order valence-corrected chi connectivity index (χ3v) is 6.43. The van der Waals surface area contributed by atoms with Crippen molar-refractivity contribution in [2.45, 2.75) is 12.1 Å². The van der Waals surface area contributed by atoms with E-state index in [2.05, 4.69) is 35.8 Å². The van der Waals surface area contributed by atoms with Gasteiger partial charge >= 0.3 is 12.1 Å². The van der Waals surface area contributed by atoms with Crippen LogP contribution in [-0.2, 0) is 4.79 Å². The first kappa shape index (κ1) is 25.7. The number of aliphatic carboxylic acids is 1. The lowest BCUT2D eigenvalue weighted by atomic mass is 10.1. The number of benzene rings is 1. The molecular weight excluding hydrogens is 509 g/mol. The number of carboxylic acid groups (broad SMARTS) is 1. The predicted molar refractivity (Wildman–Crippen MR) is 129 cm³/mol. The Balaban J connectivity index is 0.000000405. The summed E-state index contributed by atoms with van der Waals surface area (Å²) in [6.45, 7) is 3.18. The topological polar surface area (TPSA) is 132 Å². The van der Waals surface area contributed by atoms with Gasteiger partial charge in [0.25, 0.3) is 0 Å². The summed E-state index contributed by atoms with van der Waals surface area (Å²) >= 11 is 1.54.